The first kappa shape index (κ1) is 12.0. The lowest BCUT2D eigenvalue weighted by Gasteiger charge is -2.13. The van der Waals surface area contributed by atoms with Gasteiger partial charge in [-0.2, -0.15) is 0 Å². The Morgan fingerprint density at radius 1 is 1.47 bits per heavy atom. The van der Waals surface area contributed by atoms with E-state index in [1.54, 1.807) is 16.8 Å². The highest BCUT2D eigenvalue weighted by molar-refractivity contribution is 5.93. The summed E-state index contributed by atoms with van der Waals surface area (Å²) in [6.07, 6.45) is 0. The summed E-state index contributed by atoms with van der Waals surface area (Å²) in [7, 11) is 1.80. The molecule has 1 saturated heterocycles. The van der Waals surface area contributed by atoms with Gasteiger partial charge in [-0.15, -0.1) is 0 Å². The van der Waals surface area contributed by atoms with Gasteiger partial charge in [0, 0.05) is 31.1 Å². The average molecular weight is 237 g/mol. The molecule has 1 aromatic rings. The van der Waals surface area contributed by atoms with Gasteiger partial charge < -0.3 is 9.42 Å². The minimum absolute atomic E-state index is 0.0220. The van der Waals surface area contributed by atoms with Gasteiger partial charge in [0.25, 0.3) is 0 Å². The van der Waals surface area contributed by atoms with Gasteiger partial charge in [0.05, 0.1) is 0 Å². The van der Waals surface area contributed by atoms with Crippen LogP contribution in [-0.4, -0.2) is 35.7 Å². The molecule has 5 nitrogen and oxygen atoms in total. The average Bonchev–Trinajstić information content (AvgIpc) is 2.79. The fourth-order valence-corrected chi connectivity index (χ4v) is 1.78. The van der Waals surface area contributed by atoms with Crippen molar-refractivity contribution in [1.82, 2.24) is 10.1 Å². The molecule has 1 fully saturated rings. The molecular weight excluding hydrogens is 218 g/mol. The number of nitrogens with zero attached hydrogens (tertiary/aromatic N) is 3. The molecule has 1 aliphatic heterocycles. The Bertz CT molecular complexity index is 433. The largest absolute Gasteiger partial charge is 0.359 e. The number of anilines is 1. The first-order valence-electron chi connectivity index (χ1n) is 5.82. The maximum atomic E-state index is 11.9. The number of carbonyl (C=O) groups is 1. The predicted octanol–water partition coefficient (Wildman–Crippen LogP) is 2.23. The number of carbonyl (C=O) groups excluding carboxylic acids is 1. The summed E-state index contributed by atoms with van der Waals surface area (Å²) in [4.78, 5) is 15.3. The predicted molar refractivity (Wildman–Crippen MR) is 65.2 cm³/mol. The normalized spacial score (nSPS) is 21.5. The molecule has 0 radical (unpaired) electrons. The zero-order chi connectivity index (χ0) is 12.8. The summed E-state index contributed by atoms with van der Waals surface area (Å²) >= 11 is 0. The van der Waals surface area contributed by atoms with E-state index in [9.17, 15) is 4.79 Å². The molecule has 0 bridgehead atoms. The van der Waals surface area contributed by atoms with Crippen molar-refractivity contribution in [2.45, 2.75) is 39.2 Å². The van der Waals surface area contributed by atoms with Gasteiger partial charge in [0.2, 0.25) is 0 Å². The van der Waals surface area contributed by atoms with E-state index >= 15 is 0 Å². The van der Waals surface area contributed by atoms with E-state index in [-0.39, 0.29) is 17.5 Å². The Labute approximate surface area is 101 Å². The van der Waals surface area contributed by atoms with Crippen molar-refractivity contribution < 1.29 is 9.32 Å². The number of hydrogen-bond acceptors (Lipinski definition) is 3. The van der Waals surface area contributed by atoms with E-state index in [0.717, 1.165) is 5.76 Å². The number of hydrogen-bond donors (Lipinski definition) is 0. The molecule has 1 atom stereocenters. The molecular formula is C12H19N3O2. The van der Waals surface area contributed by atoms with Crippen LogP contribution < -0.4 is 4.90 Å². The topological polar surface area (TPSA) is 49.6 Å². The van der Waals surface area contributed by atoms with Crippen molar-refractivity contribution in [3.8, 4) is 0 Å². The second-order valence-corrected chi connectivity index (χ2v) is 5.65. The third kappa shape index (κ3) is 2.01. The van der Waals surface area contributed by atoms with Crippen LogP contribution in [0.4, 0.5) is 10.6 Å². The third-order valence-corrected chi connectivity index (χ3v) is 3.15. The molecule has 0 spiro atoms. The van der Waals surface area contributed by atoms with Gasteiger partial charge >= 0.3 is 6.03 Å². The minimum atomic E-state index is -0.0917. The zero-order valence-corrected chi connectivity index (χ0v) is 11.0. The standard InChI is InChI=1S/C12H19N3O2/c1-8-7-15(11(16)14(8)5)10-6-9(17-13-10)12(2,3)4/h6,8H,7H2,1-5H3. The molecule has 94 valence electrons. The summed E-state index contributed by atoms with van der Waals surface area (Å²) in [5.41, 5.74) is -0.0917. The Morgan fingerprint density at radius 2 is 2.12 bits per heavy atom. The minimum Gasteiger partial charge on any atom is -0.359 e. The molecule has 0 saturated carbocycles. The number of rotatable bonds is 1. The van der Waals surface area contributed by atoms with E-state index in [2.05, 4.69) is 25.9 Å². The summed E-state index contributed by atoms with van der Waals surface area (Å²) in [6, 6.07) is 2.03. The van der Waals surface area contributed by atoms with E-state index in [4.69, 9.17) is 4.52 Å². The van der Waals surface area contributed by atoms with Crippen LogP contribution in [0.15, 0.2) is 10.6 Å². The van der Waals surface area contributed by atoms with Gasteiger partial charge in [-0.25, -0.2) is 4.79 Å². The van der Waals surface area contributed by atoms with Crippen molar-refractivity contribution in [3.05, 3.63) is 11.8 Å². The SMILES string of the molecule is CC1CN(c2cc(C(C)(C)C)on2)C(=O)N1C. The van der Waals surface area contributed by atoms with Crippen molar-refractivity contribution in [1.29, 1.82) is 0 Å². The molecule has 0 N–H and O–H groups in total. The lowest BCUT2D eigenvalue weighted by atomic mass is 9.93. The van der Waals surface area contributed by atoms with Crippen molar-refractivity contribution in [2.75, 3.05) is 18.5 Å². The van der Waals surface area contributed by atoms with Crippen molar-refractivity contribution in [2.24, 2.45) is 0 Å². The van der Waals surface area contributed by atoms with Crippen LogP contribution in [-0.2, 0) is 5.41 Å². The summed E-state index contributed by atoms with van der Waals surface area (Å²) < 4.78 is 5.30. The van der Waals surface area contributed by atoms with Crippen LogP contribution in [0.1, 0.15) is 33.5 Å². The fourth-order valence-electron chi connectivity index (χ4n) is 1.78. The van der Waals surface area contributed by atoms with Gasteiger partial charge in [-0.3, -0.25) is 4.90 Å². The zero-order valence-electron chi connectivity index (χ0n) is 11.0. The Kier molecular flexibility index (Phi) is 2.64. The lowest BCUT2D eigenvalue weighted by molar-refractivity contribution is 0.221. The molecule has 1 aliphatic rings. The second kappa shape index (κ2) is 3.75. The van der Waals surface area contributed by atoms with Crippen LogP contribution in [0.25, 0.3) is 0 Å². The van der Waals surface area contributed by atoms with E-state index in [1.165, 1.54) is 0 Å². The van der Waals surface area contributed by atoms with Crippen LogP contribution in [0.5, 0.6) is 0 Å². The first-order valence-corrected chi connectivity index (χ1v) is 5.82. The summed E-state index contributed by atoms with van der Waals surface area (Å²) in [5, 5.41) is 3.99. The van der Waals surface area contributed by atoms with Gasteiger partial charge in [0.15, 0.2) is 5.82 Å². The Morgan fingerprint density at radius 3 is 2.53 bits per heavy atom. The second-order valence-electron chi connectivity index (χ2n) is 5.65. The molecule has 2 amide bonds. The van der Waals surface area contributed by atoms with Gasteiger partial charge in [0.1, 0.15) is 5.76 Å². The maximum Gasteiger partial charge on any atom is 0.325 e. The third-order valence-electron chi connectivity index (χ3n) is 3.15. The van der Waals surface area contributed by atoms with E-state index in [0.29, 0.717) is 12.4 Å². The summed E-state index contributed by atoms with van der Waals surface area (Å²) in [6.45, 7) is 8.83. The molecule has 1 unspecified atom stereocenters. The van der Waals surface area contributed by atoms with E-state index < -0.39 is 0 Å². The Balaban J connectivity index is 2.25. The monoisotopic (exact) mass is 237 g/mol. The number of urea groups is 1. The van der Waals surface area contributed by atoms with Crippen molar-refractivity contribution in [3.63, 3.8) is 0 Å². The molecule has 2 heterocycles. The molecule has 0 aliphatic carbocycles. The molecule has 0 aromatic carbocycles. The highest BCUT2D eigenvalue weighted by Gasteiger charge is 2.35. The lowest BCUT2D eigenvalue weighted by Crippen LogP contribution is -2.30. The van der Waals surface area contributed by atoms with Crippen LogP contribution in [0.2, 0.25) is 0 Å². The van der Waals surface area contributed by atoms with Crippen LogP contribution in [0.3, 0.4) is 0 Å². The van der Waals surface area contributed by atoms with Crippen molar-refractivity contribution >= 4 is 11.8 Å². The first-order chi connectivity index (χ1) is 7.80. The number of amides is 2. The molecule has 2 rings (SSSR count). The maximum absolute atomic E-state index is 11.9. The van der Waals surface area contributed by atoms with Gasteiger partial charge in [-0.05, 0) is 6.92 Å². The van der Waals surface area contributed by atoms with E-state index in [1.807, 2.05) is 13.0 Å². The number of likely N-dealkylation sites (N-methyl/N-ethyl adjacent to an activating group) is 1. The summed E-state index contributed by atoms with van der Waals surface area (Å²) in [5.74, 6) is 1.40. The fraction of sp³-hybridized carbons (Fsp3) is 0.667. The van der Waals surface area contributed by atoms with Gasteiger partial charge in [-0.1, -0.05) is 25.9 Å². The van der Waals surface area contributed by atoms with Crippen LogP contribution in [0, 0.1) is 0 Å². The number of aromatic nitrogens is 1. The molecule has 5 heteroatoms. The smallest absolute Gasteiger partial charge is 0.325 e. The molecule has 1 aromatic heterocycles. The highest BCUT2D eigenvalue weighted by Crippen LogP contribution is 2.28. The van der Waals surface area contributed by atoms with Crippen LogP contribution >= 0.6 is 0 Å². The Hall–Kier alpha value is -1.52. The highest BCUT2D eigenvalue weighted by atomic mass is 16.5. The molecule has 17 heavy (non-hydrogen) atoms. The quantitative estimate of drug-likeness (QED) is 0.752.